The third-order valence-corrected chi connectivity index (χ3v) is 9.44. The zero-order chi connectivity index (χ0) is 15.1. The Bertz CT molecular complexity index is 468. The van der Waals surface area contributed by atoms with Crippen LogP contribution in [0.4, 0.5) is 0 Å². The van der Waals surface area contributed by atoms with Crippen LogP contribution in [0.15, 0.2) is 60.7 Å². The van der Waals surface area contributed by atoms with E-state index in [1.54, 1.807) is 0 Å². The lowest BCUT2D eigenvalue weighted by Crippen LogP contribution is -2.21. The van der Waals surface area contributed by atoms with Gasteiger partial charge in [-0.2, -0.15) is 0 Å². The highest BCUT2D eigenvalue weighted by Crippen LogP contribution is 2.27. The molecule has 2 aromatic rings. The van der Waals surface area contributed by atoms with Crippen molar-refractivity contribution in [1.82, 2.24) is 0 Å². The molecule has 0 fully saturated rings. The minimum atomic E-state index is -1.11. The maximum absolute atomic E-state index is 6.01. The van der Waals surface area contributed by atoms with Crippen LogP contribution in [0.1, 0.15) is 36.8 Å². The van der Waals surface area contributed by atoms with Gasteiger partial charge in [0.25, 0.3) is 0 Å². The fraction of sp³-hybridized carbons (Fsp3) is 0.333. The van der Waals surface area contributed by atoms with Crippen molar-refractivity contribution in [2.45, 2.75) is 37.8 Å². The van der Waals surface area contributed by atoms with Crippen LogP contribution in [0, 0.1) is 0 Å². The molecule has 21 heavy (non-hydrogen) atoms. The van der Waals surface area contributed by atoms with Gasteiger partial charge in [0.2, 0.25) is 0 Å². The molecule has 0 bridgehead atoms. The smallest absolute Gasteiger partial charge is 0.163 e. The maximum Gasteiger partial charge on any atom is 0.163 e. The van der Waals surface area contributed by atoms with Gasteiger partial charge in [0.05, 0.1) is 0 Å². The second-order valence-electron chi connectivity index (χ2n) is 5.95. The molecule has 0 heterocycles. The van der Waals surface area contributed by atoms with E-state index in [4.69, 9.17) is 4.12 Å². The normalized spacial score (nSPS) is 15.5. The number of hydrogen-bond donors (Lipinski definition) is 0. The van der Waals surface area contributed by atoms with Crippen molar-refractivity contribution < 1.29 is 4.12 Å². The predicted octanol–water partition coefficient (Wildman–Crippen LogP) is 3.61. The zero-order valence-electron chi connectivity index (χ0n) is 13.3. The summed E-state index contributed by atoms with van der Waals surface area (Å²) in [7, 11) is -0.237. The molecule has 0 spiro atoms. The number of hydrogen-bond acceptors (Lipinski definition) is 1. The quantitative estimate of drug-likeness (QED) is 0.709. The second kappa shape index (κ2) is 8.32. The predicted molar refractivity (Wildman–Crippen MR) is 97.5 cm³/mol. The first-order valence-electron chi connectivity index (χ1n) is 7.83. The summed E-state index contributed by atoms with van der Waals surface area (Å²) < 4.78 is 6.01. The lowest BCUT2D eigenvalue weighted by atomic mass is 10.0. The minimum absolute atomic E-state index is 0.611. The van der Waals surface area contributed by atoms with E-state index >= 15 is 0 Å². The molecule has 3 heteroatoms. The Labute approximate surface area is 133 Å². The topological polar surface area (TPSA) is 9.23 Å². The third kappa shape index (κ3) is 4.95. The summed E-state index contributed by atoms with van der Waals surface area (Å²) in [5.41, 5.74) is 2.89. The molecule has 0 aromatic heterocycles. The molecule has 0 aliphatic heterocycles. The fourth-order valence-corrected chi connectivity index (χ4v) is 6.77. The van der Waals surface area contributed by atoms with E-state index in [2.05, 4.69) is 74.5 Å². The van der Waals surface area contributed by atoms with Gasteiger partial charge in [-0.3, -0.25) is 0 Å². The standard InChI is InChI=1S/C18H26OSi2/c1-15(17-9-5-3-6-10-17)13-21(19-20)14-16(2)18-11-7-4-8-12-18/h3-12,15-16,21H,13-14H2,1-2,20H3. The SMILES string of the molecule is CC(C[SiH](CC(C)c1ccccc1)O[SiH3])c1ccccc1. The van der Waals surface area contributed by atoms with Crippen LogP contribution in [-0.2, 0) is 4.12 Å². The van der Waals surface area contributed by atoms with E-state index in [-0.39, 0.29) is 0 Å². The Morgan fingerprint density at radius 2 is 1.19 bits per heavy atom. The summed E-state index contributed by atoms with van der Waals surface area (Å²) in [4.78, 5) is 0. The summed E-state index contributed by atoms with van der Waals surface area (Å²) in [5.74, 6) is 1.22. The molecule has 2 rings (SSSR count). The average molecular weight is 315 g/mol. The van der Waals surface area contributed by atoms with Crippen LogP contribution < -0.4 is 0 Å². The molecule has 0 aliphatic carbocycles. The van der Waals surface area contributed by atoms with Crippen molar-refractivity contribution >= 4 is 19.5 Å². The van der Waals surface area contributed by atoms with Crippen molar-refractivity contribution in [3.63, 3.8) is 0 Å². The van der Waals surface area contributed by atoms with Gasteiger partial charge >= 0.3 is 0 Å². The second-order valence-corrected chi connectivity index (χ2v) is 10.0. The molecule has 2 atom stereocenters. The van der Waals surface area contributed by atoms with E-state index in [1.807, 2.05) is 0 Å². The van der Waals surface area contributed by atoms with Gasteiger partial charge in [0.15, 0.2) is 9.04 Å². The van der Waals surface area contributed by atoms with Gasteiger partial charge < -0.3 is 4.12 Å². The molecule has 0 radical (unpaired) electrons. The maximum atomic E-state index is 6.01. The Balaban J connectivity index is 1.94. The average Bonchev–Trinajstić information content (AvgIpc) is 2.55. The van der Waals surface area contributed by atoms with E-state index < -0.39 is 9.04 Å². The molecular weight excluding hydrogens is 288 g/mol. The monoisotopic (exact) mass is 314 g/mol. The lowest BCUT2D eigenvalue weighted by molar-refractivity contribution is 0.597. The first kappa shape index (κ1) is 16.2. The van der Waals surface area contributed by atoms with Gasteiger partial charge in [-0.15, -0.1) is 0 Å². The molecule has 1 nitrogen and oxygen atoms in total. The Kier molecular flexibility index (Phi) is 6.42. The Morgan fingerprint density at radius 1 is 0.810 bits per heavy atom. The highest BCUT2D eigenvalue weighted by molar-refractivity contribution is 6.55. The Morgan fingerprint density at radius 3 is 1.52 bits per heavy atom. The molecule has 2 unspecified atom stereocenters. The van der Waals surface area contributed by atoms with Crippen LogP contribution >= 0.6 is 0 Å². The lowest BCUT2D eigenvalue weighted by Gasteiger charge is -2.22. The highest BCUT2D eigenvalue weighted by atomic mass is 28.3. The van der Waals surface area contributed by atoms with Gasteiger partial charge in [-0.25, -0.2) is 0 Å². The van der Waals surface area contributed by atoms with E-state index in [9.17, 15) is 0 Å². The van der Waals surface area contributed by atoms with Crippen LogP contribution in [0.25, 0.3) is 0 Å². The van der Waals surface area contributed by atoms with Crippen LogP contribution in [0.5, 0.6) is 0 Å². The number of rotatable bonds is 7. The summed E-state index contributed by atoms with van der Waals surface area (Å²) in [6, 6.07) is 24.2. The summed E-state index contributed by atoms with van der Waals surface area (Å²) in [6.07, 6.45) is 0. The highest BCUT2D eigenvalue weighted by Gasteiger charge is 2.19. The van der Waals surface area contributed by atoms with E-state index in [0.717, 1.165) is 10.5 Å². The van der Waals surface area contributed by atoms with Gasteiger partial charge in [0, 0.05) is 0 Å². The zero-order valence-corrected chi connectivity index (χ0v) is 16.5. The van der Waals surface area contributed by atoms with E-state index in [0.29, 0.717) is 11.8 Å². The fourth-order valence-electron chi connectivity index (χ4n) is 2.91. The van der Waals surface area contributed by atoms with E-state index in [1.165, 1.54) is 23.2 Å². The van der Waals surface area contributed by atoms with Crippen LogP contribution in [0.3, 0.4) is 0 Å². The van der Waals surface area contributed by atoms with Crippen molar-refractivity contribution in [1.29, 1.82) is 0 Å². The van der Waals surface area contributed by atoms with Crippen molar-refractivity contribution in [3.05, 3.63) is 71.8 Å². The molecular formula is C18H26OSi2. The van der Waals surface area contributed by atoms with Crippen LogP contribution in [-0.4, -0.2) is 19.5 Å². The van der Waals surface area contributed by atoms with Crippen molar-refractivity contribution in [3.8, 4) is 0 Å². The van der Waals surface area contributed by atoms with Crippen LogP contribution in [0.2, 0.25) is 12.1 Å². The minimum Gasteiger partial charge on any atom is -0.465 e. The molecule has 0 N–H and O–H groups in total. The van der Waals surface area contributed by atoms with Crippen molar-refractivity contribution in [2.75, 3.05) is 0 Å². The Hall–Kier alpha value is -1.17. The summed E-state index contributed by atoms with van der Waals surface area (Å²) in [5, 5.41) is 0. The molecule has 2 aromatic carbocycles. The van der Waals surface area contributed by atoms with Crippen molar-refractivity contribution in [2.24, 2.45) is 0 Å². The first-order valence-corrected chi connectivity index (χ1v) is 10.8. The number of benzene rings is 2. The molecule has 0 saturated heterocycles. The third-order valence-electron chi connectivity index (χ3n) is 4.30. The van der Waals surface area contributed by atoms with Gasteiger partial charge in [-0.1, -0.05) is 74.5 Å². The molecule has 0 amide bonds. The van der Waals surface area contributed by atoms with Gasteiger partial charge in [0.1, 0.15) is 10.5 Å². The summed E-state index contributed by atoms with van der Waals surface area (Å²) in [6.45, 7) is 4.67. The molecule has 0 aliphatic rings. The molecule has 112 valence electrons. The summed E-state index contributed by atoms with van der Waals surface area (Å²) >= 11 is 0. The first-order chi connectivity index (χ1) is 10.2. The largest absolute Gasteiger partial charge is 0.465 e. The molecule has 0 saturated carbocycles. The van der Waals surface area contributed by atoms with Gasteiger partial charge in [-0.05, 0) is 35.1 Å².